The highest BCUT2D eigenvalue weighted by molar-refractivity contribution is 5.21. The molecule has 1 heterocycles. The van der Waals surface area contributed by atoms with E-state index in [0.717, 1.165) is 43.7 Å². The molecule has 3 heteroatoms. The van der Waals surface area contributed by atoms with Gasteiger partial charge in [0.15, 0.2) is 0 Å². The quantitative estimate of drug-likeness (QED) is 0.789. The van der Waals surface area contributed by atoms with Crippen LogP contribution in [-0.2, 0) is 13.1 Å². The molecule has 0 bridgehead atoms. The molecule has 0 aromatic carbocycles. The highest BCUT2D eigenvalue weighted by atomic mass is 16.3. The molecule has 0 aliphatic heterocycles. The second-order valence-corrected chi connectivity index (χ2v) is 4.91. The van der Waals surface area contributed by atoms with E-state index in [2.05, 4.69) is 37.1 Å². The SMILES string of the molecule is CCN(CC)Cc1cc(CNC2CC2)c(C)o1. The largest absolute Gasteiger partial charge is 0.465 e. The summed E-state index contributed by atoms with van der Waals surface area (Å²) in [7, 11) is 0. The Morgan fingerprint density at radius 2 is 2.06 bits per heavy atom. The van der Waals surface area contributed by atoms with Crippen molar-refractivity contribution in [3.8, 4) is 0 Å². The fourth-order valence-electron chi connectivity index (χ4n) is 2.05. The minimum absolute atomic E-state index is 0.760. The van der Waals surface area contributed by atoms with Gasteiger partial charge >= 0.3 is 0 Å². The molecule has 3 nitrogen and oxygen atoms in total. The molecule has 1 saturated carbocycles. The fraction of sp³-hybridized carbons (Fsp3) is 0.714. The van der Waals surface area contributed by atoms with E-state index < -0.39 is 0 Å². The van der Waals surface area contributed by atoms with Gasteiger partial charge in [0.2, 0.25) is 0 Å². The molecule has 0 radical (unpaired) electrons. The van der Waals surface area contributed by atoms with Gasteiger partial charge in [-0.15, -0.1) is 0 Å². The van der Waals surface area contributed by atoms with Gasteiger partial charge in [-0.3, -0.25) is 4.90 Å². The zero-order chi connectivity index (χ0) is 12.3. The van der Waals surface area contributed by atoms with E-state index in [-0.39, 0.29) is 0 Å². The van der Waals surface area contributed by atoms with Crippen molar-refractivity contribution in [1.82, 2.24) is 10.2 Å². The number of nitrogens with zero attached hydrogens (tertiary/aromatic N) is 1. The summed E-state index contributed by atoms with van der Waals surface area (Å²) in [4.78, 5) is 2.37. The third-order valence-corrected chi connectivity index (χ3v) is 3.50. The van der Waals surface area contributed by atoms with Crippen LogP contribution in [0.3, 0.4) is 0 Å². The molecule has 0 spiro atoms. The van der Waals surface area contributed by atoms with Gasteiger partial charge in [-0.05, 0) is 38.9 Å². The Kier molecular flexibility index (Phi) is 4.24. The predicted molar refractivity (Wildman–Crippen MR) is 69.9 cm³/mol. The second kappa shape index (κ2) is 5.69. The van der Waals surface area contributed by atoms with Gasteiger partial charge < -0.3 is 9.73 Å². The Morgan fingerprint density at radius 1 is 1.35 bits per heavy atom. The molecule has 0 amide bonds. The lowest BCUT2D eigenvalue weighted by molar-refractivity contribution is 0.266. The minimum Gasteiger partial charge on any atom is -0.465 e. The van der Waals surface area contributed by atoms with Crippen LogP contribution in [0.15, 0.2) is 10.5 Å². The summed E-state index contributed by atoms with van der Waals surface area (Å²) in [6, 6.07) is 2.97. The molecule has 17 heavy (non-hydrogen) atoms. The van der Waals surface area contributed by atoms with Crippen LogP contribution in [0.2, 0.25) is 0 Å². The normalized spacial score (nSPS) is 15.8. The molecule has 1 aliphatic carbocycles. The topological polar surface area (TPSA) is 28.4 Å². The van der Waals surface area contributed by atoms with Crippen LogP contribution in [-0.4, -0.2) is 24.0 Å². The summed E-state index contributed by atoms with van der Waals surface area (Å²) in [5, 5.41) is 3.53. The summed E-state index contributed by atoms with van der Waals surface area (Å²) >= 11 is 0. The molecule has 1 aromatic heterocycles. The maximum atomic E-state index is 5.82. The smallest absolute Gasteiger partial charge is 0.118 e. The highest BCUT2D eigenvalue weighted by Crippen LogP contribution is 2.21. The molecule has 1 N–H and O–H groups in total. The second-order valence-electron chi connectivity index (χ2n) is 4.91. The summed E-state index contributed by atoms with van der Waals surface area (Å²) < 4.78 is 5.82. The monoisotopic (exact) mass is 236 g/mol. The number of aryl methyl sites for hydroxylation is 1. The number of hydrogen-bond acceptors (Lipinski definition) is 3. The van der Waals surface area contributed by atoms with Gasteiger partial charge in [-0.25, -0.2) is 0 Å². The van der Waals surface area contributed by atoms with Crippen molar-refractivity contribution in [2.24, 2.45) is 0 Å². The molecular formula is C14H24N2O. The van der Waals surface area contributed by atoms with Gasteiger partial charge in [0.1, 0.15) is 11.5 Å². The third kappa shape index (κ3) is 3.58. The van der Waals surface area contributed by atoms with Gasteiger partial charge in [0.05, 0.1) is 6.54 Å². The molecule has 1 aromatic rings. The van der Waals surface area contributed by atoms with E-state index in [4.69, 9.17) is 4.42 Å². The average molecular weight is 236 g/mol. The molecule has 1 fully saturated rings. The Bertz CT molecular complexity index is 351. The summed E-state index contributed by atoms with van der Waals surface area (Å²) in [5.74, 6) is 2.17. The Morgan fingerprint density at radius 3 is 2.65 bits per heavy atom. The molecule has 2 rings (SSSR count). The Labute approximate surface area is 104 Å². The summed E-state index contributed by atoms with van der Waals surface area (Å²) in [6.45, 7) is 10.5. The van der Waals surface area contributed by atoms with Gasteiger partial charge in [0.25, 0.3) is 0 Å². The number of furan rings is 1. The van der Waals surface area contributed by atoms with Crippen LogP contribution in [0.1, 0.15) is 43.8 Å². The first-order valence-corrected chi connectivity index (χ1v) is 6.76. The van der Waals surface area contributed by atoms with E-state index in [0.29, 0.717) is 0 Å². The van der Waals surface area contributed by atoms with Crippen LogP contribution < -0.4 is 5.32 Å². The van der Waals surface area contributed by atoms with Crippen molar-refractivity contribution in [2.45, 2.75) is 52.7 Å². The Hall–Kier alpha value is -0.800. The molecule has 1 aliphatic rings. The summed E-state index contributed by atoms with van der Waals surface area (Å²) in [6.07, 6.45) is 2.67. The van der Waals surface area contributed by atoms with Crippen molar-refractivity contribution in [3.05, 3.63) is 23.2 Å². The van der Waals surface area contributed by atoms with E-state index in [1.807, 2.05) is 0 Å². The van der Waals surface area contributed by atoms with Crippen LogP contribution >= 0.6 is 0 Å². The van der Waals surface area contributed by atoms with E-state index in [1.165, 1.54) is 18.4 Å². The minimum atomic E-state index is 0.760. The first-order valence-electron chi connectivity index (χ1n) is 6.76. The maximum absolute atomic E-state index is 5.82. The molecule has 0 unspecified atom stereocenters. The zero-order valence-electron chi connectivity index (χ0n) is 11.3. The van der Waals surface area contributed by atoms with Crippen molar-refractivity contribution < 1.29 is 4.42 Å². The van der Waals surface area contributed by atoms with E-state index >= 15 is 0 Å². The lowest BCUT2D eigenvalue weighted by atomic mass is 10.2. The van der Waals surface area contributed by atoms with Crippen molar-refractivity contribution in [3.63, 3.8) is 0 Å². The lowest BCUT2D eigenvalue weighted by Crippen LogP contribution is -2.21. The first-order chi connectivity index (χ1) is 8.22. The van der Waals surface area contributed by atoms with Crippen LogP contribution in [0, 0.1) is 6.92 Å². The van der Waals surface area contributed by atoms with Gasteiger partial charge in [-0.2, -0.15) is 0 Å². The van der Waals surface area contributed by atoms with Crippen molar-refractivity contribution >= 4 is 0 Å². The van der Waals surface area contributed by atoms with Crippen molar-refractivity contribution in [2.75, 3.05) is 13.1 Å². The number of nitrogens with one attached hydrogen (secondary N) is 1. The average Bonchev–Trinajstić information content (AvgIpc) is 3.09. The summed E-state index contributed by atoms with van der Waals surface area (Å²) in [5.41, 5.74) is 1.32. The van der Waals surface area contributed by atoms with Crippen LogP contribution in [0.5, 0.6) is 0 Å². The fourth-order valence-corrected chi connectivity index (χ4v) is 2.05. The molecule has 0 atom stereocenters. The van der Waals surface area contributed by atoms with Crippen LogP contribution in [0.25, 0.3) is 0 Å². The standard InChI is InChI=1S/C14H24N2O/c1-4-16(5-2)10-14-8-12(11(3)17-14)9-15-13-6-7-13/h8,13,15H,4-7,9-10H2,1-3H3. The molecule has 0 saturated heterocycles. The zero-order valence-corrected chi connectivity index (χ0v) is 11.3. The lowest BCUT2D eigenvalue weighted by Gasteiger charge is -2.15. The third-order valence-electron chi connectivity index (χ3n) is 3.50. The number of rotatable bonds is 7. The van der Waals surface area contributed by atoms with E-state index in [1.54, 1.807) is 0 Å². The van der Waals surface area contributed by atoms with Crippen molar-refractivity contribution in [1.29, 1.82) is 0 Å². The maximum Gasteiger partial charge on any atom is 0.118 e. The highest BCUT2D eigenvalue weighted by Gasteiger charge is 2.21. The number of hydrogen-bond donors (Lipinski definition) is 1. The Balaban J connectivity index is 1.91. The van der Waals surface area contributed by atoms with Gasteiger partial charge in [-0.1, -0.05) is 13.8 Å². The van der Waals surface area contributed by atoms with E-state index in [9.17, 15) is 0 Å². The molecular weight excluding hydrogens is 212 g/mol. The molecule has 96 valence electrons. The first kappa shape index (κ1) is 12.7. The predicted octanol–water partition coefficient (Wildman–Crippen LogP) is 2.68. The van der Waals surface area contributed by atoms with Crippen LogP contribution in [0.4, 0.5) is 0 Å². The van der Waals surface area contributed by atoms with Gasteiger partial charge in [0, 0.05) is 18.2 Å².